The number of carbonyl (C=O) groups is 1. The number of hydrogen-bond donors (Lipinski definition) is 1. The van der Waals surface area contributed by atoms with Gasteiger partial charge < -0.3 is 5.32 Å². The summed E-state index contributed by atoms with van der Waals surface area (Å²) in [5.74, 6) is 0.00527. The topological polar surface area (TPSA) is 32.3 Å². The quantitative estimate of drug-likeness (QED) is 0.585. The van der Waals surface area contributed by atoms with Crippen molar-refractivity contribution >= 4 is 17.2 Å². The zero-order valence-corrected chi connectivity index (χ0v) is 17.8. The zero-order valence-electron chi connectivity index (χ0n) is 16.9. The van der Waals surface area contributed by atoms with Gasteiger partial charge in [0.05, 0.1) is 6.04 Å². The summed E-state index contributed by atoms with van der Waals surface area (Å²) < 4.78 is 0. The van der Waals surface area contributed by atoms with E-state index in [1.165, 1.54) is 22.3 Å². The molecule has 1 aliphatic heterocycles. The van der Waals surface area contributed by atoms with Crippen molar-refractivity contribution in [2.24, 2.45) is 0 Å². The van der Waals surface area contributed by atoms with Crippen LogP contribution in [0.25, 0.3) is 0 Å². The van der Waals surface area contributed by atoms with Gasteiger partial charge >= 0.3 is 0 Å². The van der Waals surface area contributed by atoms with Crippen molar-refractivity contribution in [3.8, 4) is 0 Å². The molecule has 0 saturated carbocycles. The van der Waals surface area contributed by atoms with Crippen molar-refractivity contribution in [2.45, 2.75) is 38.8 Å². The van der Waals surface area contributed by atoms with Crippen LogP contribution >= 0.6 is 11.3 Å². The van der Waals surface area contributed by atoms with E-state index >= 15 is 0 Å². The van der Waals surface area contributed by atoms with E-state index in [2.05, 4.69) is 70.4 Å². The summed E-state index contributed by atoms with van der Waals surface area (Å²) in [6, 6.07) is 19.1. The molecule has 0 saturated heterocycles. The summed E-state index contributed by atoms with van der Waals surface area (Å²) in [6.45, 7) is 4.73. The van der Waals surface area contributed by atoms with Crippen molar-refractivity contribution in [3.63, 3.8) is 0 Å². The average Bonchev–Trinajstić information content (AvgIpc) is 3.29. The van der Waals surface area contributed by atoms with Crippen LogP contribution in [-0.4, -0.2) is 23.9 Å². The van der Waals surface area contributed by atoms with E-state index in [1.807, 2.05) is 12.1 Å². The first-order valence-corrected chi connectivity index (χ1v) is 11.4. The lowest BCUT2D eigenvalue weighted by molar-refractivity contribution is 0.0928. The first kappa shape index (κ1) is 19.9. The van der Waals surface area contributed by atoms with Crippen molar-refractivity contribution in [1.82, 2.24) is 10.2 Å². The van der Waals surface area contributed by atoms with Gasteiger partial charge in [-0.15, -0.1) is 0 Å². The molecule has 0 bridgehead atoms. The molecule has 1 aliphatic rings. The highest BCUT2D eigenvalue weighted by molar-refractivity contribution is 7.07. The average molecular weight is 405 g/mol. The predicted molar refractivity (Wildman–Crippen MR) is 120 cm³/mol. The normalized spacial score (nSPS) is 14.9. The molecule has 3 aromatic rings. The monoisotopic (exact) mass is 404 g/mol. The second-order valence-electron chi connectivity index (χ2n) is 7.72. The first-order valence-electron chi connectivity index (χ1n) is 10.4. The van der Waals surface area contributed by atoms with Gasteiger partial charge in [-0.1, -0.05) is 49.7 Å². The third-order valence-electron chi connectivity index (χ3n) is 5.74. The second-order valence-corrected chi connectivity index (χ2v) is 8.50. The summed E-state index contributed by atoms with van der Waals surface area (Å²) >= 11 is 1.71. The van der Waals surface area contributed by atoms with Gasteiger partial charge in [0.1, 0.15) is 0 Å². The van der Waals surface area contributed by atoms with Crippen LogP contribution in [0, 0.1) is 0 Å². The number of carbonyl (C=O) groups excluding carboxylic acids is 1. The second kappa shape index (κ2) is 9.38. The molecule has 4 heteroatoms. The summed E-state index contributed by atoms with van der Waals surface area (Å²) in [5, 5.41) is 7.51. The number of aryl methyl sites for hydroxylation is 1. The third-order valence-corrected chi connectivity index (χ3v) is 6.44. The molecular weight excluding hydrogens is 376 g/mol. The van der Waals surface area contributed by atoms with Gasteiger partial charge in [-0.3, -0.25) is 9.69 Å². The molecule has 1 unspecified atom stereocenters. The fourth-order valence-electron chi connectivity index (χ4n) is 4.11. The minimum atomic E-state index is 0.00527. The van der Waals surface area contributed by atoms with Crippen molar-refractivity contribution in [1.29, 1.82) is 0 Å². The molecule has 3 nitrogen and oxygen atoms in total. The van der Waals surface area contributed by atoms with Crippen LogP contribution < -0.4 is 5.32 Å². The standard InChI is InChI=1S/C25H28N2OS/c1-2-5-19-8-10-21(11-9-19)25(28)26-16-24(23-13-15-29-18-23)27-14-12-20-6-3-4-7-22(20)17-27/h3-4,6-11,13,15,18,24H,2,5,12,14,16-17H2,1H3,(H,26,28). The summed E-state index contributed by atoms with van der Waals surface area (Å²) in [7, 11) is 0. The molecule has 2 heterocycles. The lowest BCUT2D eigenvalue weighted by Crippen LogP contribution is -2.40. The smallest absolute Gasteiger partial charge is 0.251 e. The highest BCUT2D eigenvalue weighted by Crippen LogP contribution is 2.28. The van der Waals surface area contributed by atoms with Gasteiger partial charge in [0.15, 0.2) is 0 Å². The maximum Gasteiger partial charge on any atom is 0.251 e. The Kier molecular flexibility index (Phi) is 6.43. The number of nitrogens with zero attached hydrogens (tertiary/aromatic N) is 1. The number of hydrogen-bond acceptors (Lipinski definition) is 3. The SMILES string of the molecule is CCCc1ccc(C(=O)NCC(c2ccsc2)N2CCc3ccccc3C2)cc1. The number of fused-ring (bicyclic) bond motifs is 1. The molecule has 1 atom stereocenters. The maximum absolute atomic E-state index is 12.7. The number of thiophene rings is 1. The third kappa shape index (κ3) is 4.77. The summed E-state index contributed by atoms with van der Waals surface area (Å²) in [4.78, 5) is 15.2. The predicted octanol–water partition coefficient (Wildman–Crippen LogP) is 5.23. The van der Waals surface area contributed by atoms with E-state index in [4.69, 9.17) is 0 Å². The van der Waals surface area contributed by atoms with Crippen molar-refractivity contribution < 1.29 is 4.79 Å². The highest BCUT2D eigenvalue weighted by atomic mass is 32.1. The molecule has 0 aliphatic carbocycles. The Morgan fingerprint density at radius 2 is 1.90 bits per heavy atom. The molecule has 1 aromatic heterocycles. The molecule has 0 radical (unpaired) electrons. The van der Waals surface area contributed by atoms with Gasteiger partial charge in [-0.05, 0) is 64.1 Å². The van der Waals surface area contributed by atoms with Gasteiger partial charge in [0, 0.05) is 25.2 Å². The molecule has 29 heavy (non-hydrogen) atoms. The van der Waals surface area contributed by atoms with E-state index < -0.39 is 0 Å². The van der Waals surface area contributed by atoms with E-state index in [-0.39, 0.29) is 11.9 Å². The Labute approximate surface area is 177 Å². The van der Waals surface area contributed by atoms with Gasteiger partial charge in [-0.25, -0.2) is 0 Å². The van der Waals surface area contributed by atoms with E-state index in [0.29, 0.717) is 6.54 Å². The number of rotatable bonds is 7. The highest BCUT2D eigenvalue weighted by Gasteiger charge is 2.25. The summed E-state index contributed by atoms with van der Waals surface area (Å²) in [6.07, 6.45) is 3.23. The minimum Gasteiger partial charge on any atom is -0.350 e. The Morgan fingerprint density at radius 1 is 1.10 bits per heavy atom. The first-order chi connectivity index (χ1) is 14.2. The number of benzene rings is 2. The van der Waals surface area contributed by atoms with Crippen LogP contribution in [0.4, 0.5) is 0 Å². The number of amides is 1. The Hall–Kier alpha value is -2.43. The molecule has 150 valence electrons. The van der Waals surface area contributed by atoms with Gasteiger partial charge in [0.25, 0.3) is 5.91 Å². The van der Waals surface area contributed by atoms with Crippen molar-refractivity contribution in [2.75, 3.05) is 13.1 Å². The minimum absolute atomic E-state index is 0.00527. The van der Waals surface area contributed by atoms with Crippen LogP contribution in [0.3, 0.4) is 0 Å². The van der Waals surface area contributed by atoms with E-state index in [0.717, 1.165) is 37.9 Å². The molecule has 1 N–H and O–H groups in total. The Balaban J connectivity index is 1.45. The lowest BCUT2D eigenvalue weighted by atomic mass is 9.97. The van der Waals surface area contributed by atoms with Crippen LogP contribution in [0.1, 0.15) is 52.0 Å². The van der Waals surface area contributed by atoms with Gasteiger partial charge in [-0.2, -0.15) is 11.3 Å². The molecular formula is C25H28N2OS. The Morgan fingerprint density at radius 3 is 2.62 bits per heavy atom. The largest absolute Gasteiger partial charge is 0.350 e. The molecule has 4 rings (SSSR count). The fraction of sp³-hybridized carbons (Fsp3) is 0.320. The van der Waals surface area contributed by atoms with E-state index in [1.54, 1.807) is 11.3 Å². The maximum atomic E-state index is 12.7. The molecule has 2 aromatic carbocycles. The van der Waals surface area contributed by atoms with Crippen molar-refractivity contribution in [3.05, 3.63) is 93.2 Å². The number of nitrogens with one attached hydrogen (secondary N) is 1. The molecule has 1 amide bonds. The Bertz CT molecular complexity index is 934. The van der Waals surface area contributed by atoms with Crippen LogP contribution in [0.2, 0.25) is 0 Å². The van der Waals surface area contributed by atoms with E-state index in [9.17, 15) is 4.79 Å². The fourth-order valence-corrected chi connectivity index (χ4v) is 4.82. The lowest BCUT2D eigenvalue weighted by Gasteiger charge is -2.35. The van der Waals surface area contributed by atoms with Gasteiger partial charge in [0.2, 0.25) is 0 Å². The van der Waals surface area contributed by atoms with Crippen LogP contribution in [0.5, 0.6) is 0 Å². The van der Waals surface area contributed by atoms with Crippen LogP contribution in [-0.2, 0) is 19.4 Å². The zero-order chi connectivity index (χ0) is 20.1. The summed E-state index contributed by atoms with van der Waals surface area (Å²) in [5.41, 5.74) is 6.15. The van der Waals surface area contributed by atoms with Crippen LogP contribution in [0.15, 0.2) is 65.4 Å². The molecule has 0 spiro atoms. The molecule has 0 fully saturated rings.